The van der Waals surface area contributed by atoms with E-state index < -0.39 is 12.0 Å². The number of likely N-dealkylation sites (N-methyl/N-ethyl adjacent to an activating group) is 1. The van der Waals surface area contributed by atoms with Gasteiger partial charge in [-0.05, 0) is 26.0 Å². The third-order valence-corrected chi connectivity index (χ3v) is 4.16. The van der Waals surface area contributed by atoms with Gasteiger partial charge < -0.3 is 14.4 Å². The van der Waals surface area contributed by atoms with Gasteiger partial charge in [-0.25, -0.2) is 0 Å². The Hall–Kier alpha value is -1.46. The van der Waals surface area contributed by atoms with Crippen molar-refractivity contribution < 1.29 is 19.1 Å². The Bertz CT molecular complexity index is 565. The van der Waals surface area contributed by atoms with Crippen molar-refractivity contribution in [3.63, 3.8) is 0 Å². The summed E-state index contributed by atoms with van der Waals surface area (Å²) in [6.07, 6.45) is -0.754. The summed E-state index contributed by atoms with van der Waals surface area (Å²) in [7, 11) is 1.32. The second-order valence-corrected chi connectivity index (χ2v) is 5.90. The summed E-state index contributed by atoms with van der Waals surface area (Å²) in [5, 5.41) is 0.621. The van der Waals surface area contributed by atoms with Crippen LogP contribution in [0.25, 0.3) is 0 Å². The first-order chi connectivity index (χ1) is 10.8. The molecule has 0 aliphatic heterocycles. The number of nitrogens with zero attached hydrogens (tertiary/aromatic N) is 1. The smallest absolute Gasteiger partial charge is 0.310 e. The van der Waals surface area contributed by atoms with Gasteiger partial charge in [-0.15, -0.1) is 0 Å². The molecule has 0 aromatic heterocycles. The Kier molecular flexibility index (Phi) is 7.65. The van der Waals surface area contributed by atoms with Crippen LogP contribution in [0.2, 0.25) is 10.0 Å². The fourth-order valence-electron chi connectivity index (χ4n) is 2.05. The number of rotatable bonds is 7. The summed E-state index contributed by atoms with van der Waals surface area (Å²) in [5.74, 6) is -0.662. The van der Waals surface area contributed by atoms with E-state index in [0.717, 1.165) is 0 Å². The molecule has 0 fully saturated rings. The number of methoxy groups -OCH3 is 1. The zero-order chi connectivity index (χ0) is 17.6. The molecule has 1 aromatic carbocycles. The van der Waals surface area contributed by atoms with Gasteiger partial charge in [0.15, 0.2) is 6.10 Å². The van der Waals surface area contributed by atoms with E-state index in [1.165, 1.54) is 7.11 Å². The monoisotopic (exact) mass is 361 g/mol. The minimum atomic E-state index is -0.754. The molecule has 128 valence electrons. The Morgan fingerprint density at radius 2 is 1.91 bits per heavy atom. The van der Waals surface area contributed by atoms with Gasteiger partial charge in [-0.1, -0.05) is 36.2 Å². The van der Waals surface area contributed by atoms with Gasteiger partial charge >= 0.3 is 5.97 Å². The minimum absolute atomic E-state index is 0.237. The highest BCUT2D eigenvalue weighted by Crippen LogP contribution is 2.32. The van der Waals surface area contributed by atoms with Crippen molar-refractivity contribution in [2.24, 2.45) is 5.92 Å². The molecule has 1 rings (SSSR count). The molecule has 0 saturated heterocycles. The molecule has 0 radical (unpaired) electrons. The van der Waals surface area contributed by atoms with Crippen molar-refractivity contribution in [1.29, 1.82) is 0 Å². The average Bonchev–Trinajstić information content (AvgIpc) is 2.54. The van der Waals surface area contributed by atoms with Gasteiger partial charge in [0.05, 0.1) is 18.1 Å². The number of carbonyl (C=O) groups excluding carboxylic acids is 2. The summed E-state index contributed by atoms with van der Waals surface area (Å²) in [5.41, 5.74) is 0. The van der Waals surface area contributed by atoms with Crippen LogP contribution in [0.4, 0.5) is 0 Å². The molecule has 0 bridgehead atoms. The zero-order valence-corrected chi connectivity index (χ0v) is 15.1. The summed E-state index contributed by atoms with van der Waals surface area (Å²) >= 11 is 12.0. The molecule has 2 unspecified atom stereocenters. The molecule has 0 heterocycles. The highest BCUT2D eigenvalue weighted by Gasteiger charge is 2.25. The molecule has 0 spiro atoms. The van der Waals surface area contributed by atoms with Crippen LogP contribution in [0.3, 0.4) is 0 Å². The Morgan fingerprint density at radius 3 is 2.48 bits per heavy atom. The number of ether oxygens (including phenoxy) is 2. The van der Waals surface area contributed by atoms with E-state index in [4.69, 9.17) is 27.9 Å². The lowest BCUT2D eigenvalue weighted by atomic mass is 10.1. The number of hydrogen-bond donors (Lipinski definition) is 0. The standard InChI is InChI=1S/C16H21Cl2NO4/c1-5-19(9-10(2)16(21)22-4)15(20)11(3)23-13-8-6-7-12(17)14(13)18/h6-8,10-11H,5,9H2,1-4H3. The van der Waals surface area contributed by atoms with Crippen LogP contribution in [0.5, 0.6) is 5.75 Å². The number of halogens is 2. The lowest BCUT2D eigenvalue weighted by Gasteiger charge is -2.27. The third-order valence-electron chi connectivity index (χ3n) is 3.36. The first kappa shape index (κ1) is 19.6. The molecule has 0 aliphatic rings. The van der Waals surface area contributed by atoms with Gasteiger partial charge in [0.2, 0.25) is 0 Å². The predicted molar refractivity (Wildman–Crippen MR) is 90.0 cm³/mol. The molecule has 0 saturated carbocycles. The first-order valence-corrected chi connectivity index (χ1v) is 8.04. The van der Waals surface area contributed by atoms with Crippen molar-refractivity contribution in [2.45, 2.75) is 26.9 Å². The normalized spacial score (nSPS) is 13.1. The van der Waals surface area contributed by atoms with E-state index in [0.29, 0.717) is 17.3 Å². The van der Waals surface area contributed by atoms with Crippen molar-refractivity contribution in [3.05, 3.63) is 28.2 Å². The molecule has 5 nitrogen and oxygen atoms in total. The van der Waals surface area contributed by atoms with Gasteiger partial charge in [-0.2, -0.15) is 0 Å². The molecule has 1 aromatic rings. The lowest BCUT2D eigenvalue weighted by Crippen LogP contribution is -2.43. The van der Waals surface area contributed by atoms with Gasteiger partial charge in [0, 0.05) is 13.1 Å². The summed E-state index contributed by atoms with van der Waals surface area (Å²) < 4.78 is 10.3. The van der Waals surface area contributed by atoms with Gasteiger partial charge in [0.25, 0.3) is 5.91 Å². The fourth-order valence-corrected chi connectivity index (χ4v) is 2.39. The van der Waals surface area contributed by atoms with Crippen LogP contribution in [0, 0.1) is 5.92 Å². The molecule has 0 aliphatic carbocycles. The first-order valence-electron chi connectivity index (χ1n) is 7.29. The van der Waals surface area contributed by atoms with E-state index in [9.17, 15) is 9.59 Å². The van der Waals surface area contributed by atoms with Crippen LogP contribution in [0.15, 0.2) is 18.2 Å². The van der Waals surface area contributed by atoms with Gasteiger partial charge in [-0.3, -0.25) is 9.59 Å². The fraction of sp³-hybridized carbons (Fsp3) is 0.500. The van der Waals surface area contributed by atoms with Crippen LogP contribution in [-0.4, -0.2) is 43.1 Å². The second-order valence-electron chi connectivity index (χ2n) is 5.11. The number of hydrogen-bond acceptors (Lipinski definition) is 4. The van der Waals surface area contributed by atoms with Crippen molar-refractivity contribution in [3.8, 4) is 5.75 Å². The van der Waals surface area contributed by atoms with Crippen LogP contribution in [-0.2, 0) is 14.3 Å². The lowest BCUT2D eigenvalue weighted by molar-refractivity contribution is -0.147. The number of benzene rings is 1. The molecule has 1 amide bonds. The highest BCUT2D eigenvalue weighted by molar-refractivity contribution is 6.42. The van der Waals surface area contributed by atoms with E-state index in [-0.39, 0.29) is 23.4 Å². The molecule has 23 heavy (non-hydrogen) atoms. The predicted octanol–water partition coefficient (Wildman–Crippen LogP) is 3.42. The van der Waals surface area contributed by atoms with Crippen LogP contribution in [0.1, 0.15) is 20.8 Å². The second kappa shape index (κ2) is 8.99. The number of esters is 1. The van der Waals surface area contributed by atoms with Crippen molar-refractivity contribution in [1.82, 2.24) is 4.90 Å². The topological polar surface area (TPSA) is 55.8 Å². The van der Waals surface area contributed by atoms with E-state index in [1.807, 2.05) is 6.92 Å². The Morgan fingerprint density at radius 1 is 1.26 bits per heavy atom. The van der Waals surface area contributed by atoms with Crippen LogP contribution >= 0.6 is 23.2 Å². The third kappa shape index (κ3) is 5.29. The van der Waals surface area contributed by atoms with E-state index in [1.54, 1.807) is 36.9 Å². The highest BCUT2D eigenvalue weighted by atomic mass is 35.5. The maximum absolute atomic E-state index is 12.5. The number of carbonyl (C=O) groups is 2. The molecular weight excluding hydrogens is 341 g/mol. The van der Waals surface area contributed by atoms with Gasteiger partial charge in [0.1, 0.15) is 10.8 Å². The molecule has 2 atom stereocenters. The molecule has 0 N–H and O–H groups in total. The van der Waals surface area contributed by atoms with Crippen molar-refractivity contribution >= 4 is 35.1 Å². The summed E-state index contributed by atoms with van der Waals surface area (Å²) in [6.45, 7) is 5.89. The summed E-state index contributed by atoms with van der Waals surface area (Å²) in [4.78, 5) is 25.5. The number of amides is 1. The molecular formula is C16H21Cl2NO4. The van der Waals surface area contributed by atoms with E-state index in [2.05, 4.69) is 4.74 Å². The zero-order valence-electron chi connectivity index (χ0n) is 13.6. The SMILES string of the molecule is CCN(CC(C)C(=O)OC)C(=O)C(C)Oc1cccc(Cl)c1Cl. The minimum Gasteiger partial charge on any atom is -0.479 e. The quantitative estimate of drug-likeness (QED) is 0.698. The van der Waals surface area contributed by atoms with E-state index >= 15 is 0 Å². The van der Waals surface area contributed by atoms with Crippen LogP contribution < -0.4 is 4.74 Å². The Labute approximate surface area is 146 Å². The summed E-state index contributed by atoms with van der Waals surface area (Å²) in [6, 6.07) is 4.97. The molecule has 7 heteroatoms. The maximum Gasteiger partial charge on any atom is 0.310 e. The maximum atomic E-state index is 12.5. The average molecular weight is 362 g/mol. The van der Waals surface area contributed by atoms with Crippen molar-refractivity contribution in [2.75, 3.05) is 20.2 Å². The Balaban J connectivity index is 2.77. The largest absolute Gasteiger partial charge is 0.479 e.